The van der Waals surface area contributed by atoms with E-state index in [1.165, 1.54) is 16.5 Å². The Hall–Kier alpha value is -1.86. The maximum atomic E-state index is 12.6. The summed E-state index contributed by atoms with van der Waals surface area (Å²) < 4.78 is 43.2. The van der Waals surface area contributed by atoms with Crippen LogP contribution in [-0.4, -0.2) is 36.8 Å². The third-order valence-electron chi connectivity index (χ3n) is 6.20. The molecule has 1 aromatic heterocycles. The topological polar surface area (TPSA) is 45.5 Å². The predicted octanol–water partition coefficient (Wildman–Crippen LogP) is 4.98. The van der Waals surface area contributed by atoms with Gasteiger partial charge >= 0.3 is 11.8 Å². The Morgan fingerprint density at radius 2 is 1.83 bits per heavy atom. The van der Waals surface area contributed by atoms with E-state index < -0.39 is 12.7 Å². The highest BCUT2D eigenvalue weighted by Gasteiger charge is 2.33. The lowest BCUT2D eigenvalue weighted by Gasteiger charge is -2.35. The highest BCUT2D eigenvalue weighted by molar-refractivity contribution is 5.82. The van der Waals surface area contributed by atoms with Crippen LogP contribution in [0, 0.1) is 12.8 Å². The van der Waals surface area contributed by atoms with Crippen molar-refractivity contribution in [3.05, 3.63) is 45.3 Å². The van der Waals surface area contributed by atoms with Gasteiger partial charge in [-0.25, -0.2) is 4.79 Å². The number of aryl methyl sites for hydroxylation is 1. The summed E-state index contributed by atoms with van der Waals surface area (Å²) in [6, 6.07) is 5.72. The van der Waals surface area contributed by atoms with E-state index in [0.29, 0.717) is 37.1 Å². The molecule has 1 saturated heterocycles. The normalized spacial score (nSPS) is 17.7. The Kier molecular flexibility index (Phi) is 6.92. The van der Waals surface area contributed by atoms with E-state index in [1.54, 1.807) is 0 Å². The monoisotopic (exact) mass is 424 g/mol. The molecule has 1 fully saturated rings. The van der Waals surface area contributed by atoms with Crippen LogP contribution in [-0.2, 0) is 6.54 Å². The third kappa shape index (κ3) is 5.64. The van der Waals surface area contributed by atoms with E-state index in [1.807, 2.05) is 13.0 Å². The summed E-state index contributed by atoms with van der Waals surface area (Å²) in [5.41, 5.74) is 3.44. The second kappa shape index (κ2) is 9.10. The Morgan fingerprint density at radius 3 is 2.43 bits per heavy atom. The summed E-state index contributed by atoms with van der Waals surface area (Å²) in [5.74, 6) is 0.678. The number of piperidine rings is 1. The number of rotatable bonds is 6. The highest BCUT2D eigenvalue weighted by atomic mass is 19.4. The van der Waals surface area contributed by atoms with Gasteiger partial charge in [0.25, 0.3) is 0 Å². The number of hydrogen-bond donors (Lipinski definition) is 1. The number of alkyl halides is 3. The molecule has 2 heterocycles. The molecule has 2 aromatic rings. The summed E-state index contributed by atoms with van der Waals surface area (Å²) in [4.78, 5) is 13.5. The summed E-state index contributed by atoms with van der Waals surface area (Å²) in [7, 11) is 0. The van der Waals surface area contributed by atoms with Crippen molar-refractivity contribution < 1.29 is 17.6 Å². The lowest BCUT2D eigenvalue weighted by atomic mass is 9.90. The molecule has 0 saturated carbocycles. The average molecular weight is 425 g/mol. The third-order valence-corrected chi connectivity index (χ3v) is 6.20. The van der Waals surface area contributed by atoms with Gasteiger partial charge in [0, 0.05) is 24.0 Å². The van der Waals surface area contributed by atoms with E-state index in [9.17, 15) is 18.0 Å². The molecule has 7 heteroatoms. The maximum Gasteiger partial charge on any atom is 0.401 e. The molecule has 1 aromatic carbocycles. The van der Waals surface area contributed by atoms with Gasteiger partial charge in [-0.15, -0.1) is 0 Å². The SMILES string of the molecule is Cc1cc2oc(=O)cc(CN[C@@H](C)C3CCN(CC(F)(F)F)CC3)c2cc1C(C)C. The Labute approximate surface area is 175 Å². The number of fused-ring (bicyclic) bond motifs is 1. The van der Waals surface area contributed by atoms with Gasteiger partial charge in [0.05, 0.1) is 6.54 Å². The zero-order valence-corrected chi connectivity index (χ0v) is 18.1. The summed E-state index contributed by atoms with van der Waals surface area (Å²) in [6.45, 7) is 8.98. The second-order valence-electron chi connectivity index (χ2n) is 8.85. The van der Waals surface area contributed by atoms with Gasteiger partial charge in [-0.3, -0.25) is 4.90 Å². The maximum absolute atomic E-state index is 12.6. The van der Waals surface area contributed by atoms with Gasteiger partial charge in [0.1, 0.15) is 5.58 Å². The first-order valence-corrected chi connectivity index (χ1v) is 10.6. The standard InChI is InChI=1S/C23H31F3N2O2/c1-14(2)19-11-20-18(10-22(29)30-21(20)9-15(19)3)12-27-16(4)17-5-7-28(8-6-17)13-23(24,25)26/h9-11,14,16-17,27H,5-8,12-13H2,1-4H3/t16-/m0/s1. The summed E-state index contributed by atoms with van der Waals surface area (Å²) >= 11 is 0. The predicted molar refractivity (Wildman–Crippen MR) is 113 cm³/mol. The van der Waals surface area contributed by atoms with Gasteiger partial charge in [0.2, 0.25) is 0 Å². The zero-order valence-electron chi connectivity index (χ0n) is 18.1. The number of nitrogens with zero attached hydrogens (tertiary/aromatic N) is 1. The van der Waals surface area contributed by atoms with Crippen LogP contribution >= 0.6 is 0 Å². The van der Waals surface area contributed by atoms with E-state index in [0.717, 1.165) is 29.4 Å². The van der Waals surface area contributed by atoms with Crippen molar-refractivity contribution in [3.63, 3.8) is 0 Å². The van der Waals surface area contributed by atoms with E-state index in [2.05, 4.69) is 32.2 Å². The molecule has 3 rings (SSSR count). The highest BCUT2D eigenvalue weighted by Crippen LogP contribution is 2.28. The lowest BCUT2D eigenvalue weighted by molar-refractivity contribution is -0.148. The molecule has 0 radical (unpaired) electrons. The molecular weight excluding hydrogens is 393 g/mol. The molecule has 1 aliphatic heterocycles. The molecule has 0 aliphatic carbocycles. The van der Waals surface area contributed by atoms with Crippen molar-refractivity contribution in [3.8, 4) is 0 Å². The Bertz CT molecular complexity index is 928. The first-order chi connectivity index (χ1) is 14.0. The largest absolute Gasteiger partial charge is 0.423 e. The molecule has 30 heavy (non-hydrogen) atoms. The molecule has 0 unspecified atom stereocenters. The smallest absolute Gasteiger partial charge is 0.401 e. The van der Waals surface area contributed by atoms with Crippen LogP contribution in [0.5, 0.6) is 0 Å². The van der Waals surface area contributed by atoms with E-state index in [-0.39, 0.29) is 11.7 Å². The van der Waals surface area contributed by atoms with Crippen molar-refractivity contribution >= 4 is 11.0 Å². The Balaban J connectivity index is 1.68. The van der Waals surface area contributed by atoms with Crippen LogP contribution in [0.1, 0.15) is 56.2 Å². The fourth-order valence-corrected chi connectivity index (χ4v) is 4.46. The molecule has 0 spiro atoms. The van der Waals surface area contributed by atoms with E-state index in [4.69, 9.17) is 4.42 Å². The minimum atomic E-state index is -4.14. The zero-order chi connectivity index (χ0) is 22.1. The molecule has 1 atom stereocenters. The van der Waals surface area contributed by atoms with Crippen molar-refractivity contribution in [2.75, 3.05) is 19.6 Å². The van der Waals surface area contributed by atoms with Crippen LogP contribution in [0.3, 0.4) is 0 Å². The number of benzene rings is 1. The van der Waals surface area contributed by atoms with Crippen LogP contribution < -0.4 is 10.9 Å². The molecule has 1 N–H and O–H groups in total. The first kappa shape index (κ1) is 22.8. The molecule has 1 aliphatic rings. The van der Waals surface area contributed by atoms with Crippen LogP contribution in [0.2, 0.25) is 0 Å². The van der Waals surface area contributed by atoms with Crippen molar-refractivity contribution in [2.45, 2.75) is 65.2 Å². The fourth-order valence-electron chi connectivity index (χ4n) is 4.46. The van der Waals surface area contributed by atoms with E-state index >= 15 is 0 Å². The molecule has 166 valence electrons. The van der Waals surface area contributed by atoms with Gasteiger partial charge in [-0.1, -0.05) is 13.8 Å². The minimum Gasteiger partial charge on any atom is -0.423 e. The van der Waals surface area contributed by atoms with Crippen LogP contribution in [0.25, 0.3) is 11.0 Å². The fraction of sp³-hybridized carbons (Fsp3) is 0.609. The number of halogens is 3. The molecule has 0 bridgehead atoms. The summed E-state index contributed by atoms with van der Waals surface area (Å²) in [5, 5.41) is 4.43. The molecular formula is C23H31F3N2O2. The quantitative estimate of drug-likeness (QED) is 0.665. The minimum absolute atomic E-state index is 0.148. The van der Waals surface area contributed by atoms with Gasteiger partial charge in [0.15, 0.2) is 0 Å². The van der Waals surface area contributed by atoms with Crippen molar-refractivity contribution in [1.29, 1.82) is 0 Å². The number of likely N-dealkylation sites (tertiary alicyclic amines) is 1. The second-order valence-corrected chi connectivity index (χ2v) is 8.85. The van der Waals surface area contributed by atoms with Crippen LogP contribution in [0.15, 0.2) is 27.4 Å². The summed E-state index contributed by atoms with van der Waals surface area (Å²) in [6.07, 6.45) is -2.67. The van der Waals surface area contributed by atoms with Crippen molar-refractivity contribution in [1.82, 2.24) is 10.2 Å². The Morgan fingerprint density at radius 1 is 1.17 bits per heavy atom. The number of nitrogens with one attached hydrogen (secondary N) is 1. The molecule has 0 amide bonds. The van der Waals surface area contributed by atoms with Crippen LogP contribution in [0.4, 0.5) is 13.2 Å². The van der Waals surface area contributed by atoms with Gasteiger partial charge < -0.3 is 9.73 Å². The van der Waals surface area contributed by atoms with Gasteiger partial charge in [-0.05, 0) is 80.4 Å². The van der Waals surface area contributed by atoms with Gasteiger partial charge in [-0.2, -0.15) is 13.2 Å². The molecule has 4 nitrogen and oxygen atoms in total. The average Bonchev–Trinajstić information content (AvgIpc) is 2.64. The first-order valence-electron chi connectivity index (χ1n) is 10.6. The van der Waals surface area contributed by atoms with Crippen molar-refractivity contribution in [2.24, 2.45) is 5.92 Å². The lowest BCUT2D eigenvalue weighted by Crippen LogP contribution is -2.44. The number of hydrogen-bond acceptors (Lipinski definition) is 4.